The minimum absolute atomic E-state index is 0. The summed E-state index contributed by atoms with van der Waals surface area (Å²) in [6.07, 6.45) is 0. The van der Waals surface area contributed by atoms with Crippen LogP contribution in [0.1, 0.15) is 18.1 Å². The van der Waals surface area contributed by atoms with Crippen molar-refractivity contribution in [2.75, 3.05) is 6.54 Å². The second kappa shape index (κ2) is 8.53. The summed E-state index contributed by atoms with van der Waals surface area (Å²) in [6, 6.07) is 6.13. The fourth-order valence-corrected chi connectivity index (χ4v) is 1.78. The highest BCUT2D eigenvalue weighted by atomic mass is 127. The molecule has 5 heteroatoms. The van der Waals surface area contributed by atoms with Gasteiger partial charge in [0.1, 0.15) is 0 Å². The van der Waals surface area contributed by atoms with Crippen LogP contribution in [-0.4, -0.2) is 12.5 Å². The third-order valence-electron chi connectivity index (χ3n) is 2.30. The molecule has 100 valence electrons. The largest absolute Gasteiger partial charge is 0.370 e. The molecule has 0 heterocycles. The summed E-state index contributed by atoms with van der Waals surface area (Å²) in [6.45, 7) is 9.05. The van der Waals surface area contributed by atoms with Gasteiger partial charge in [0.15, 0.2) is 5.96 Å². The second-order valence-corrected chi connectivity index (χ2v) is 5.00. The molecule has 0 aliphatic heterocycles. The van der Waals surface area contributed by atoms with Crippen LogP contribution in [-0.2, 0) is 6.54 Å². The standard InChI is InChI=1S/C13H18BrN3.HI/c1-9(2)7-16-13(15)17-8-11-4-5-12(14)6-10(11)3;/h4-6H,1,7-8H2,2-3H3,(H3,15,16,17);1H. The zero-order chi connectivity index (χ0) is 12.8. The molecule has 0 aliphatic carbocycles. The number of aliphatic imine (C=N–C) groups is 1. The van der Waals surface area contributed by atoms with E-state index in [0.717, 1.165) is 10.0 Å². The Balaban J connectivity index is 0.00000289. The first-order valence-electron chi connectivity index (χ1n) is 5.42. The fourth-order valence-electron chi connectivity index (χ4n) is 1.30. The quantitative estimate of drug-likeness (QED) is 0.337. The van der Waals surface area contributed by atoms with E-state index in [1.807, 2.05) is 13.0 Å². The summed E-state index contributed by atoms with van der Waals surface area (Å²) in [5.41, 5.74) is 9.15. The number of nitrogens with zero attached hydrogens (tertiary/aromatic N) is 1. The van der Waals surface area contributed by atoms with Crippen molar-refractivity contribution in [2.45, 2.75) is 20.4 Å². The molecule has 3 N–H and O–H groups in total. The van der Waals surface area contributed by atoms with E-state index >= 15 is 0 Å². The highest BCUT2D eigenvalue weighted by Crippen LogP contribution is 2.16. The average molecular weight is 424 g/mol. The first kappa shape index (κ1) is 17.4. The Morgan fingerprint density at radius 2 is 2.17 bits per heavy atom. The van der Waals surface area contributed by atoms with E-state index in [1.54, 1.807) is 0 Å². The van der Waals surface area contributed by atoms with Gasteiger partial charge in [0.25, 0.3) is 0 Å². The topological polar surface area (TPSA) is 50.4 Å². The molecule has 0 atom stereocenters. The number of benzene rings is 1. The third-order valence-corrected chi connectivity index (χ3v) is 2.79. The van der Waals surface area contributed by atoms with Gasteiger partial charge >= 0.3 is 0 Å². The van der Waals surface area contributed by atoms with Crippen LogP contribution in [0.25, 0.3) is 0 Å². The summed E-state index contributed by atoms with van der Waals surface area (Å²) < 4.78 is 1.08. The molecule has 0 unspecified atom stereocenters. The second-order valence-electron chi connectivity index (χ2n) is 4.08. The molecule has 0 saturated heterocycles. The van der Waals surface area contributed by atoms with E-state index in [9.17, 15) is 0 Å². The van der Waals surface area contributed by atoms with Crippen LogP contribution in [0, 0.1) is 6.92 Å². The molecule has 18 heavy (non-hydrogen) atoms. The Bertz CT molecular complexity index is 444. The van der Waals surface area contributed by atoms with Crippen LogP contribution < -0.4 is 11.1 Å². The molecule has 0 aromatic heterocycles. The smallest absolute Gasteiger partial charge is 0.189 e. The van der Waals surface area contributed by atoms with Crippen LogP contribution in [0.5, 0.6) is 0 Å². The lowest BCUT2D eigenvalue weighted by atomic mass is 10.1. The van der Waals surface area contributed by atoms with Gasteiger partial charge in [-0.25, -0.2) is 4.99 Å². The van der Waals surface area contributed by atoms with Crippen molar-refractivity contribution >= 4 is 45.9 Å². The Morgan fingerprint density at radius 3 is 2.72 bits per heavy atom. The number of nitrogens with two attached hydrogens (primary N) is 1. The Labute approximate surface area is 134 Å². The molecule has 1 aromatic carbocycles. The van der Waals surface area contributed by atoms with E-state index < -0.39 is 0 Å². The van der Waals surface area contributed by atoms with Crippen molar-refractivity contribution in [1.29, 1.82) is 0 Å². The SMILES string of the molecule is C=C(C)CNC(N)=NCc1ccc(Br)cc1C.I. The van der Waals surface area contributed by atoms with Crippen molar-refractivity contribution in [3.8, 4) is 0 Å². The molecule has 1 aromatic rings. The van der Waals surface area contributed by atoms with Gasteiger partial charge in [0, 0.05) is 11.0 Å². The van der Waals surface area contributed by atoms with Crippen molar-refractivity contribution < 1.29 is 0 Å². The first-order valence-corrected chi connectivity index (χ1v) is 6.21. The van der Waals surface area contributed by atoms with Gasteiger partial charge < -0.3 is 11.1 Å². The number of hydrogen-bond acceptors (Lipinski definition) is 1. The number of rotatable bonds is 4. The highest BCUT2D eigenvalue weighted by molar-refractivity contribution is 14.0. The van der Waals surface area contributed by atoms with Gasteiger partial charge in [-0.2, -0.15) is 0 Å². The minimum Gasteiger partial charge on any atom is -0.370 e. The fraction of sp³-hybridized carbons (Fsp3) is 0.308. The highest BCUT2D eigenvalue weighted by Gasteiger charge is 1.98. The van der Waals surface area contributed by atoms with Crippen molar-refractivity contribution in [3.05, 3.63) is 46.0 Å². The first-order chi connectivity index (χ1) is 7.99. The molecule has 3 nitrogen and oxygen atoms in total. The van der Waals surface area contributed by atoms with E-state index in [0.29, 0.717) is 19.0 Å². The predicted molar refractivity (Wildman–Crippen MR) is 92.4 cm³/mol. The van der Waals surface area contributed by atoms with E-state index in [-0.39, 0.29) is 24.0 Å². The Kier molecular flexibility index (Phi) is 8.26. The number of hydrogen-bond donors (Lipinski definition) is 2. The van der Waals surface area contributed by atoms with Gasteiger partial charge in [-0.05, 0) is 37.1 Å². The summed E-state index contributed by atoms with van der Waals surface area (Å²) in [7, 11) is 0. The van der Waals surface area contributed by atoms with Gasteiger partial charge in [-0.15, -0.1) is 24.0 Å². The normalized spacial score (nSPS) is 10.7. The molecule has 1 rings (SSSR count). The molecule has 0 bridgehead atoms. The number of nitrogens with one attached hydrogen (secondary N) is 1. The third kappa shape index (κ3) is 6.39. The molecule has 0 amide bonds. The van der Waals surface area contributed by atoms with Crippen LogP contribution in [0.4, 0.5) is 0 Å². The van der Waals surface area contributed by atoms with E-state index in [1.165, 1.54) is 11.1 Å². The van der Waals surface area contributed by atoms with Crippen LogP contribution in [0.3, 0.4) is 0 Å². The molecule has 0 radical (unpaired) electrons. The summed E-state index contributed by atoms with van der Waals surface area (Å²) in [5.74, 6) is 0.454. The molecule has 0 fully saturated rings. The summed E-state index contributed by atoms with van der Waals surface area (Å²) >= 11 is 3.43. The molecular weight excluding hydrogens is 405 g/mol. The predicted octanol–water partition coefficient (Wildman–Crippen LogP) is 3.36. The van der Waals surface area contributed by atoms with Crippen LogP contribution in [0.15, 0.2) is 39.8 Å². The molecular formula is C13H19BrIN3. The van der Waals surface area contributed by atoms with Crippen LogP contribution >= 0.6 is 39.9 Å². The van der Waals surface area contributed by atoms with Gasteiger partial charge in [0.05, 0.1) is 6.54 Å². The lowest BCUT2D eigenvalue weighted by Crippen LogP contribution is -2.32. The minimum atomic E-state index is 0. The molecule has 0 saturated carbocycles. The van der Waals surface area contributed by atoms with Crippen molar-refractivity contribution in [3.63, 3.8) is 0 Å². The summed E-state index contributed by atoms with van der Waals surface area (Å²) in [5, 5.41) is 3.00. The van der Waals surface area contributed by atoms with Gasteiger partial charge in [-0.1, -0.05) is 34.1 Å². The van der Waals surface area contributed by atoms with E-state index in [2.05, 4.69) is 51.9 Å². The van der Waals surface area contributed by atoms with Crippen LogP contribution in [0.2, 0.25) is 0 Å². The summed E-state index contributed by atoms with van der Waals surface area (Å²) in [4.78, 5) is 4.28. The maximum absolute atomic E-state index is 5.74. The van der Waals surface area contributed by atoms with E-state index in [4.69, 9.17) is 5.73 Å². The Hall–Kier alpha value is -0.560. The number of halogens is 2. The van der Waals surface area contributed by atoms with Gasteiger partial charge in [0.2, 0.25) is 0 Å². The number of guanidine groups is 1. The lowest BCUT2D eigenvalue weighted by Gasteiger charge is -2.06. The van der Waals surface area contributed by atoms with Crippen molar-refractivity contribution in [2.24, 2.45) is 10.7 Å². The average Bonchev–Trinajstić information content (AvgIpc) is 2.25. The maximum atomic E-state index is 5.74. The number of aryl methyl sites for hydroxylation is 1. The van der Waals surface area contributed by atoms with Crippen molar-refractivity contribution in [1.82, 2.24) is 5.32 Å². The monoisotopic (exact) mass is 423 g/mol. The molecule has 0 aliphatic rings. The zero-order valence-electron chi connectivity index (χ0n) is 10.7. The zero-order valence-corrected chi connectivity index (χ0v) is 14.6. The molecule has 0 spiro atoms. The lowest BCUT2D eigenvalue weighted by molar-refractivity contribution is 0.937. The van der Waals surface area contributed by atoms with Gasteiger partial charge in [-0.3, -0.25) is 0 Å². The maximum Gasteiger partial charge on any atom is 0.189 e. The Morgan fingerprint density at radius 1 is 1.50 bits per heavy atom.